The third-order valence-electron chi connectivity index (χ3n) is 2.79. The van der Waals surface area contributed by atoms with Crippen LogP contribution in [0.4, 0.5) is 5.69 Å². The number of aromatic nitrogens is 3. The third-order valence-corrected chi connectivity index (χ3v) is 3.41. The van der Waals surface area contributed by atoms with E-state index in [1.54, 1.807) is 6.92 Å². The monoisotopic (exact) mass is 323 g/mol. The Morgan fingerprint density at radius 1 is 1.50 bits per heavy atom. The lowest BCUT2D eigenvalue weighted by atomic mass is 10.1. The summed E-state index contributed by atoms with van der Waals surface area (Å²) < 4.78 is 6.32. The number of hydrogen-bond acceptors (Lipinski definition) is 8. The van der Waals surface area contributed by atoms with Gasteiger partial charge in [0.2, 0.25) is 5.16 Å². The second-order valence-corrected chi connectivity index (χ2v) is 4.90. The molecule has 10 heteroatoms. The zero-order chi connectivity index (χ0) is 16.3. The molecule has 0 spiro atoms. The summed E-state index contributed by atoms with van der Waals surface area (Å²) >= 11 is 1.34. The van der Waals surface area contributed by atoms with E-state index in [0.29, 0.717) is 11.0 Å². The Bertz CT molecular complexity index is 743. The number of benzene rings is 1. The number of nitro benzene ring substituents is 1. The number of thioether (sulfide) groups is 1. The quantitative estimate of drug-likeness (QED) is 0.386. The van der Waals surface area contributed by atoms with Gasteiger partial charge in [0.15, 0.2) is 17.3 Å². The van der Waals surface area contributed by atoms with Crippen LogP contribution in [0.15, 0.2) is 22.4 Å². The van der Waals surface area contributed by atoms with Crippen molar-refractivity contribution in [2.75, 3.05) is 13.4 Å². The number of ether oxygens (including phenoxy) is 1. The largest absolute Gasteiger partial charge is 0.504 e. The summed E-state index contributed by atoms with van der Waals surface area (Å²) in [7, 11) is 1.32. The van der Waals surface area contributed by atoms with Crippen LogP contribution in [0.2, 0.25) is 0 Å². The minimum atomic E-state index is -0.572. The molecule has 0 atom stereocenters. The van der Waals surface area contributed by atoms with Gasteiger partial charge in [-0.25, -0.2) is 0 Å². The second-order valence-electron chi connectivity index (χ2n) is 4.13. The van der Waals surface area contributed by atoms with Crippen LogP contribution >= 0.6 is 11.8 Å². The van der Waals surface area contributed by atoms with Crippen molar-refractivity contribution in [3.8, 4) is 11.5 Å². The van der Waals surface area contributed by atoms with Gasteiger partial charge in [-0.05, 0) is 19.2 Å². The van der Waals surface area contributed by atoms with Crippen molar-refractivity contribution in [3.05, 3.63) is 33.6 Å². The average molecular weight is 323 g/mol. The molecule has 0 aliphatic heterocycles. The van der Waals surface area contributed by atoms with E-state index >= 15 is 0 Å². The fourth-order valence-electron chi connectivity index (χ4n) is 1.72. The Balaban J connectivity index is 2.48. The summed E-state index contributed by atoms with van der Waals surface area (Å²) in [6, 6.07) is 2.37. The van der Waals surface area contributed by atoms with Gasteiger partial charge in [0.1, 0.15) is 0 Å². The number of rotatable bonds is 5. The Kier molecular flexibility index (Phi) is 4.61. The summed E-state index contributed by atoms with van der Waals surface area (Å²) in [5, 5.41) is 33.4. The lowest BCUT2D eigenvalue weighted by Gasteiger charge is -2.05. The summed E-state index contributed by atoms with van der Waals surface area (Å²) in [5.41, 5.74) is -0.0849. The van der Waals surface area contributed by atoms with Gasteiger partial charge in [0.25, 0.3) is 5.69 Å². The lowest BCUT2D eigenvalue weighted by Crippen LogP contribution is -1.99. The Hall–Kier alpha value is -2.62. The van der Waals surface area contributed by atoms with Crippen molar-refractivity contribution in [3.63, 3.8) is 0 Å². The Morgan fingerprint density at radius 3 is 2.82 bits per heavy atom. The highest BCUT2D eigenvalue weighted by Crippen LogP contribution is 2.32. The molecule has 0 saturated heterocycles. The van der Waals surface area contributed by atoms with Crippen molar-refractivity contribution >= 4 is 23.7 Å². The standard InChI is InChI=1S/C12H13N5O4S/c1-7-14-15-12(22-3)16(7)13-6-8-4-10(18)11(21-2)5-9(8)17(19)20/h4-6,18H,1-3H3/b13-6-. The highest BCUT2D eigenvalue weighted by Gasteiger charge is 2.18. The lowest BCUT2D eigenvalue weighted by molar-refractivity contribution is -0.385. The predicted octanol–water partition coefficient (Wildman–Crippen LogP) is 1.81. The molecule has 22 heavy (non-hydrogen) atoms. The zero-order valence-electron chi connectivity index (χ0n) is 12.0. The van der Waals surface area contributed by atoms with Crippen LogP contribution in [-0.2, 0) is 0 Å². The van der Waals surface area contributed by atoms with Gasteiger partial charge in [-0.15, -0.1) is 10.2 Å². The van der Waals surface area contributed by atoms with E-state index in [9.17, 15) is 15.2 Å². The number of nitro groups is 1. The number of phenols is 1. The summed E-state index contributed by atoms with van der Waals surface area (Å²) in [4.78, 5) is 10.6. The first-order valence-electron chi connectivity index (χ1n) is 6.03. The minimum Gasteiger partial charge on any atom is -0.504 e. The van der Waals surface area contributed by atoms with Crippen LogP contribution in [0.5, 0.6) is 11.5 Å². The summed E-state index contributed by atoms with van der Waals surface area (Å²) in [6.07, 6.45) is 3.09. The van der Waals surface area contributed by atoms with E-state index in [2.05, 4.69) is 15.3 Å². The molecule has 0 aliphatic carbocycles. The molecule has 116 valence electrons. The van der Waals surface area contributed by atoms with E-state index in [4.69, 9.17) is 4.74 Å². The fourth-order valence-corrected chi connectivity index (χ4v) is 2.19. The number of nitrogens with zero attached hydrogens (tertiary/aromatic N) is 5. The number of phenolic OH excluding ortho intramolecular Hbond substituents is 1. The summed E-state index contributed by atoms with van der Waals surface area (Å²) in [6.45, 7) is 1.71. The van der Waals surface area contributed by atoms with Gasteiger partial charge >= 0.3 is 0 Å². The molecule has 0 bridgehead atoms. The molecule has 1 N–H and O–H groups in total. The molecule has 0 saturated carbocycles. The molecule has 1 heterocycles. The van der Waals surface area contributed by atoms with E-state index in [1.807, 2.05) is 6.26 Å². The molecule has 2 aromatic rings. The average Bonchev–Trinajstić information content (AvgIpc) is 2.85. The molecule has 0 amide bonds. The summed E-state index contributed by atoms with van der Waals surface area (Å²) in [5.74, 6) is 0.357. The number of aromatic hydroxyl groups is 1. The van der Waals surface area contributed by atoms with Crippen LogP contribution in [-0.4, -0.2) is 44.5 Å². The zero-order valence-corrected chi connectivity index (χ0v) is 12.9. The van der Waals surface area contributed by atoms with Gasteiger partial charge in [0, 0.05) is 0 Å². The number of aryl methyl sites for hydroxylation is 1. The molecule has 0 fully saturated rings. The fraction of sp³-hybridized carbons (Fsp3) is 0.250. The molecule has 0 radical (unpaired) electrons. The number of methoxy groups -OCH3 is 1. The molecule has 0 unspecified atom stereocenters. The maximum atomic E-state index is 11.1. The molecule has 1 aromatic carbocycles. The van der Waals surface area contributed by atoms with Crippen molar-refractivity contribution < 1.29 is 14.8 Å². The second kappa shape index (κ2) is 6.43. The van der Waals surface area contributed by atoms with Crippen molar-refractivity contribution in [2.45, 2.75) is 12.1 Å². The first-order valence-corrected chi connectivity index (χ1v) is 7.26. The molecular formula is C12H13N5O4S. The Labute approximate surface area is 129 Å². The highest BCUT2D eigenvalue weighted by molar-refractivity contribution is 7.98. The van der Waals surface area contributed by atoms with Gasteiger partial charge in [-0.2, -0.15) is 9.78 Å². The molecule has 1 aromatic heterocycles. The topological polar surface area (TPSA) is 116 Å². The molecule has 0 aliphatic rings. The van der Waals surface area contributed by atoms with E-state index in [0.717, 1.165) is 6.07 Å². The SMILES string of the molecule is COc1cc([N+](=O)[O-])c(/C=N\n2c(C)nnc2SC)cc1O. The van der Waals surface area contributed by atoms with Crippen LogP contribution < -0.4 is 4.74 Å². The first kappa shape index (κ1) is 15.8. The smallest absolute Gasteiger partial charge is 0.282 e. The van der Waals surface area contributed by atoms with Crippen LogP contribution in [0.25, 0.3) is 0 Å². The van der Waals surface area contributed by atoms with Gasteiger partial charge < -0.3 is 9.84 Å². The van der Waals surface area contributed by atoms with Gasteiger partial charge in [-0.1, -0.05) is 11.8 Å². The van der Waals surface area contributed by atoms with E-state index < -0.39 is 4.92 Å². The van der Waals surface area contributed by atoms with Crippen LogP contribution in [0.1, 0.15) is 11.4 Å². The van der Waals surface area contributed by atoms with Crippen LogP contribution in [0, 0.1) is 17.0 Å². The van der Waals surface area contributed by atoms with Crippen molar-refractivity contribution in [1.29, 1.82) is 0 Å². The first-order chi connectivity index (χ1) is 10.5. The number of hydrogen-bond donors (Lipinski definition) is 1. The maximum Gasteiger partial charge on any atom is 0.282 e. The van der Waals surface area contributed by atoms with Crippen molar-refractivity contribution in [2.24, 2.45) is 5.10 Å². The van der Waals surface area contributed by atoms with E-state index in [-0.39, 0.29) is 22.7 Å². The minimum absolute atomic E-state index is 0.0223. The van der Waals surface area contributed by atoms with Gasteiger partial charge in [0.05, 0.1) is 29.9 Å². The normalized spacial score (nSPS) is 11.0. The van der Waals surface area contributed by atoms with Crippen LogP contribution in [0.3, 0.4) is 0 Å². The highest BCUT2D eigenvalue weighted by atomic mass is 32.2. The van der Waals surface area contributed by atoms with Crippen molar-refractivity contribution in [1.82, 2.24) is 14.9 Å². The predicted molar refractivity (Wildman–Crippen MR) is 80.8 cm³/mol. The molecule has 9 nitrogen and oxygen atoms in total. The van der Waals surface area contributed by atoms with Gasteiger partial charge in [-0.3, -0.25) is 10.1 Å². The van der Waals surface area contributed by atoms with E-state index in [1.165, 1.54) is 35.8 Å². The third kappa shape index (κ3) is 3.01. The molecule has 2 rings (SSSR count). The maximum absolute atomic E-state index is 11.1. The Morgan fingerprint density at radius 2 is 2.23 bits per heavy atom. The molecular weight excluding hydrogens is 310 g/mol.